The van der Waals surface area contributed by atoms with Gasteiger partial charge in [0, 0.05) is 14.6 Å². The fraction of sp³-hybridized carbons (Fsp3) is 0.400. The number of rotatable bonds is 1. The van der Waals surface area contributed by atoms with E-state index in [1.54, 1.807) is 0 Å². The zero-order valence-corrected chi connectivity index (χ0v) is 10.1. The van der Waals surface area contributed by atoms with Gasteiger partial charge in [0.1, 0.15) is 0 Å². The zero-order valence-electron chi connectivity index (χ0n) is 7.19. The van der Waals surface area contributed by atoms with Gasteiger partial charge in [-0.05, 0) is 59.7 Å². The van der Waals surface area contributed by atoms with E-state index in [1.807, 2.05) is 6.07 Å². The Labute approximate surface area is 97.0 Å². The second kappa shape index (κ2) is 4.15. The van der Waals surface area contributed by atoms with E-state index < -0.39 is 0 Å². The summed E-state index contributed by atoms with van der Waals surface area (Å²) in [7, 11) is 0. The van der Waals surface area contributed by atoms with Crippen molar-refractivity contribution in [1.82, 2.24) is 5.32 Å². The zero-order chi connectivity index (χ0) is 9.26. The quantitative estimate of drug-likeness (QED) is 0.785. The fourth-order valence-electron chi connectivity index (χ4n) is 1.73. The number of hydrogen-bond donors (Lipinski definition) is 1. The number of benzene rings is 1. The molecule has 0 radical (unpaired) electrons. The van der Waals surface area contributed by atoms with Crippen LogP contribution >= 0.6 is 34.2 Å². The number of hydrogen-bond acceptors (Lipinski definition) is 1. The van der Waals surface area contributed by atoms with Crippen molar-refractivity contribution in [2.24, 2.45) is 0 Å². The molecule has 1 aliphatic rings. The molecule has 1 N–H and O–H groups in total. The van der Waals surface area contributed by atoms with Crippen LogP contribution in [0, 0.1) is 3.57 Å². The summed E-state index contributed by atoms with van der Waals surface area (Å²) in [6.07, 6.45) is 2.47. The van der Waals surface area contributed by atoms with Crippen molar-refractivity contribution in [2.45, 2.75) is 18.9 Å². The monoisotopic (exact) mass is 307 g/mol. The topological polar surface area (TPSA) is 12.0 Å². The standard InChI is InChI=1S/C10H11ClIN/c11-9-6-7(12)3-4-8(9)10-2-1-5-13-10/h3-4,6,10,13H,1-2,5H2/t10-/m0/s1. The molecule has 1 saturated heterocycles. The number of nitrogens with one attached hydrogen (secondary N) is 1. The molecule has 0 bridgehead atoms. The molecule has 1 fully saturated rings. The third-order valence-corrected chi connectivity index (χ3v) is 3.40. The maximum Gasteiger partial charge on any atom is 0.0464 e. The second-order valence-electron chi connectivity index (χ2n) is 3.31. The Hall–Kier alpha value is 0.200. The summed E-state index contributed by atoms with van der Waals surface area (Å²) in [5.41, 5.74) is 1.25. The van der Waals surface area contributed by atoms with Crippen LogP contribution in [-0.2, 0) is 0 Å². The van der Waals surface area contributed by atoms with Crippen molar-refractivity contribution < 1.29 is 0 Å². The lowest BCUT2D eigenvalue weighted by Gasteiger charge is -2.12. The molecule has 0 unspecified atom stereocenters. The first-order valence-corrected chi connectivity index (χ1v) is 5.91. The lowest BCUT2D eigenvalue weighted by atomic mass is 10.1. The highest BCUT2D eigenvalue weighted by Crippen LogP contribution is 2.29. The van der Waals surface area contributed by atoms with Gasteiger partial charge in [0.15, 0.2) is 0 Å². The Morgan fingerprint density at radius 2 is 2.31 bits per heavy atom. The minimum atomic E-state index is 0.476. The van der Waals surface area contributed by atoms with E-state index in [0.717, 1.165) is 11.6 Å². The summed E-state index contributed by atoms with van der Waals surface area (Å²) in [5, 5.41) is 4.34. The molecule has 1 heterocycles. The Morgan fingerprint density at radius 3 is 2.92 bits per heavy atom. The van der Waals surface area contributed by atoms with E-state index >= 15 is 0 Å². The van der Waals surface area contributed by atoms with Crippen LogP contribution in [0.15, 0.2) is 18.2 Å². The molecule has 1 aliphatic heterocycles. The maximum atomic E-state index is 6.16. The molecule has 0 amide bonds. The van der Waals surface area contributed by atoms with Crippen molar-refractivity contribution in [2.75, 3.05) is 6.54 Å². The van der Waals surface area contributed by atoms with Gasteiger partial charge in [-0.1, -0.05) is 17.7 Å². The highest BCUT2D eigenvalue weighted by atomic mass is 127. The highest BCUT2D eigenvalue weighted by Gasteiger charge is 2.18. The lowest BCUT2D eigenvalue weighted by Crippen LogP contribution is -2.13. The first-order chi connectivity index (χ1) is 6.27. The molecule has 70 valence electrons. The van der Waals surface area contributed by atoms with Gasteiger partial charge in [0.05, 0.1) is 0 Å². The lowest BCUT2D eigenvalue weighted by molar-refractivity contribution is 0.648. The molecule has 2 rings (SSSR count). The molecule has 0 aliphatic carbocycles. The Morgan fingerprint density at radius 1 is 1.46 bits per heavy atom. The molecule has 1 aromatic rings. The summed E-state index contributed by atoms with van der Waals surface area (Å²) in [6.45, 7) is 1.12. The van der Waals surface area contributed by atoms with E-state index in [1.165, 1.54) is 22.0 Å². The van der Waals surface area contributed by atoms with Gasteiger partial charge >= 0.3 is 0 Å². The molecule has 3 heteroatoms. The Bertz CT molecular complexity index is 308. The first kappa shape index (κ1) is 9.74. The van der Waals surface area contributed by atoms with Crippen molar-refractivity contribution in [3.8, 4) is 0 Å². The van der Waals surface area contributed by atoms with Gasteiger partial charge in [-0.15, -0.1) is 0 Å². The van der Waals surface area contributed by atoms with Crippen molar-refractivity contribution >= 4 is 34.2 Å². The van der Waals surface area contributed by atoms with Crippen LogP contribution in [-0.4, -0.2) is 6.54 Å². The van der Waals surface area contributed by atoms with Crippen LogP contribution in [0.1, 0.15) is 24.4 Å². The smallest absolute Gasteiger partial charge is 0.0464 e. The third-order valence-electron chi connectivity index (χ3n) is 2.40. The van der Waals surface area contributed by atoms with E-state index in [0.29, 0.717) is 6.04 Å². The first-order valence-electron chi connectivity index (χ1n) is 4.46. The van der Waals surface area contributed by atoms with Gasteiger partial charge in [-0.25, -0.2) is 0 Å². The van der Waals surface area contributed by atoms with E-state index in [4.69, 9.17) is 11.6 Å². The SMILES string of the molecule is Clc1cc(I)ccc1[C@@H]1CCCN1. The van der Waals surface area contributed by atoms with Crippen LogP contribution < -0.4 is 5.32 Å². The van der Waals surface area contributed by atoms with Crippen molar-refractivity contribution in [3.05, 3.63) is 32.4 Å². The predicted molar refractivity (Wildman–Crippen MR) is 64.1 cm³/mol. The normalized spacial score (nSPS) is 22.2. The van der Waals surface area contributed by atoms with Crippen LogP contribution in [0.4, 0.5) is 0 Å². The Balaban J connectivity index is 2.29. The average Bonchev–Trinajstić information content (AvgIpc) is 2.56. The van der Waals surface area contributed by atoms with Crippen LogP contribution in [0.25, 0.3) is 0 Å². The van der Waals surface area contributed by atoms with Gasteiger partial charge in [0.2, 0.25) is 0 Å². The van der Waals surface area contributed by atoms with E-state index in [-0.39, 0.29) is 0 Å². The molecule has 1 atom stereocenters. The third kappa shape index (κ3) is 2.17. The predicted octanol–water partition coefficient (Wildman–Crippen LogP) is 3.37. The molecule has 0 spiro atoms. The molecule has 1 aromatic carbocycles. The molecular formula is C10H11ClIN. The molecule has 13 heavy (non-hydrogen) atoms. The summed E-state index contributed by atoms with van der Waals surface area (Å²) in [6, 6.07) is 6.75. The van der Waals surface area contributed by atoms with Crippen molar-refractivity contribution in [1.29, 1.82) is 0 Å². The highest BCUT2D eigenvalue weighted by molar-refractivity contribution is 14.1. The second-order valence-corrected chi connectivity index (χ2v) is 4.97. The minimum Gasteiger partial charge on any atom is -0.310 e. The van der Waals surface area contributed by atoms with Gasteiger partial charge < -0.3 is 5.32 Å². The van der Waals surface area contributed by atoms with E-state index in [2.05, 4.69) is 40.0 Å². The largest absolute Gasteiger partial charge is 0.310 e. The minimum absolute atomic E-state index is 0.476. The summed E-state index contributed by atoms with van der Waals surface area (Å²) in [5.74, 6) is 0. The van der Waals surface area contributed by atoms with Crippen LogP contribution in [0.5, 0.6) is 0 Å². The van der Waals surface area contributed by atoms with Crippen LogP contribution in [0.2, 0.25) is 5.02 Å². The molecule has 1 nitrogen and oxygen atoms in total. The fourth-order valence-corrected chi connectivity index (χ4v) is 2.72. The van der Waals surface area contributed by atoms with Gasteiger partial charge in [-0.3, -0.25) is 0 Å². The summed E-state index contributed by atoms with van der Waals surface area (Å²) < 4.78 is 1.20. The van der Waals surface area contributed by atoms with Crippen LogP contribution in [0.3, 0.4) is 0 Å². The molecule has 0 aromatic heterocycles. The van der Waals surface area contributed by atoms with Gasteiger partial charge in [-0.2, -0.15) is 0 Å². The summed E-state index contributed by atoms with van der Waals surface area (Å²) >= 11 is 8.45. The molecule has 0 saturated carbocycles. The van der Waals surface area contributed by atoms with Gasteiger partial charge in [0.25, 0.3) is 0 Å². The van der Waals surface area contributed by atoms with E-state index in [9.17, 15) is 0 Å². The molecular weight excluding hydrogens is 296 g/mol. The number of halogens is 2. The maximum absolute atomic E-state index is 6.16. The van der Waals surface area contributed by atoms with Crippen molar-refractivity contribution in [3.63, 3.8) is 0 Å². The average molecular weight is 308 g/mol. The summed E-state index contributed by atoms with van der Waals surface area (Å²) in [4.78, 5) is 0. The Kier molecular flexibility index (Phi) is 3.11.